The van der Waals surface area contributed by atoms with Crippen molar-refractivity contribution in [3.63, 3.8) is 0 Å². The molecule has 2 heteroatoms. The van der Waals surface area contributed by atoms with Crippen LogP contribution < -0.4 is 5.32 Å². The highest BCUT2D eigenvalue weighted by molar-refractivity contribution is 5.86. The summed E-state index contributed by atoms with van der Waals surface area (Å²) >= 11 is 0. The lowest BCUT2D eigenvalue weighted by Gasteiger charge is -2.21. The van der Waals surface area contributed by atoms with Gasteiger partial charge in [0, 0.05) is 6.42 Å². The number of hydrogen-bond donors (Lipinski definition) is 1. The maximum absolute atomic E-state index is 5.81. The Morgan fingerprint density at radius 3 is 2.80 bits per heavy atom. The van der Waals surface area contributed by atoms with E-state index >= 15 is 0 Å². The molecule has 2 aromatic carbocycles. The second-order valence-corrected chi connectivity index (χ2v) is 5.20. The first-order chi connectivity index (χ1) is 9.90. The number of fused-ring (bicyclic) bond motifs is 1. The molecule has 0 spiro atoms. The van der Waals surface area contributed by atoms with E-state index in [0.29, 0.717) is 0 Å². The molecule has 3 rings (SSSR count). The van der Waals surface area contributed by atoms with Gasteiger partial charge in [-0.05, 0) is 35.4 Å². The minimum Gasteiger partial charge on any atom is -0.496 e. The third-order valence-electron chi connectivity index (χ3n) is 3.75. The Kier molecular flexibility index (Phi) is 4.03. The fourth-order valence-electron chi connectivity index (χ4n) is 2.79. The van der Waals surface area contributed by atoms with E-state index in [1.165, 1.54) is 16.3 Å². The van der Waals surface area contributed by atoms with Gasteiger partial charge in [-0.2, -0.15) is 0 Å². The van der Waals surface area contributed by atoms with Crippen LogP contribution in [0.4, 0.5) is 0 Å². The van der Waals surface area contributed by atoms with Crippen LogP contribution in [0.1, 0.15) is 31.4 Å². The first-order valence-electron chi connectivity index (χ1n) is 7.44. The van der Waals surface area contributed by atoms with Gasteiger partial charge in [-0.15, -0.1) is 0 Å². The molecule has 0 aromatic heterocycles. The average molecular weight is 267 g/mol. The van der Waals surface area contributed by atoms with E-state index in [4.69, 9.17) is 4.74 Å². The van der Waals surface area contributed by atoms with Crippen LogP contribution in [-0.4, -0.2) is 13.2 Å². The lowest BCUT2D eigenvalue weighted by molar-refractivity contribution is 0.216. The van der Waals surface area contributed by atoms with E-state index in [2.05, 4.69) is 60.8 Å². The summed E-state index contributed by atoms with van der Waals surface area (Å²) < 4.78 is 5.81. The van der Waals surface area contributed by atoms with Gasteiger partial charge in [-0.25, -0.2) is 0 Å². The fraction of sp³-hybridized carbons (Fsp3) is 0.333. The van der Waals surface area contributed by atoms with Crippen LogP contribution in [-0.2, 0) is 4.74 Å². The predicted molar refractivity (Wildman–Crippen MR) is 83.6 cm³/mol. The lowest BCUT2D eigenvalue weighted by atomic mass is 9.97. The first kappa shape index (κ1) is 13.2. The lowest BCUT2D eigenvalue weighted by Crippen LogP contribution is -2.24. The normalized spacial score (nSPS) is 15.9. The van der Waals surface area contributed by atoms with Gasteiger partial charge in [0.15, 0.2) is 0 Å². The Morgan fingerprint density at radius 1 is 1.15 bits per heavy atom. The maximum atomic E-state index is 5.81. The molecule has 1 aliphatic heterocycles. The zero-order valence-corrected chi connectivity index (χ0v) is 11.9. The van der Waals surface area contributed by atoms with Crippen molar-refractivity contribution in [3.05, 3.63) is 59.9 Å². The van der Waals surface area contributed by atoms with Crippen molar-refractivity contribution in [2.75, 3.05) is 13.2 Å². The summed E-state index contributed by atoms with van der Waals surface area (Å²) in [5.74, 6) is 1.08. The van der Waals surface area contributed by atoms with Gasteiger partial charge in [0.25, 0.3) is 0 Å². The number of ether oxygens (including phenoxy) is 1. The minimum atomic E-state index is 0.170. The van der Waals surface area contributed by atoms with Crippen LogP contribution in [0.5, 0.6) is 0 Å². The SMILES string of the molecule is CCCNC(C1=CCCO1)c1cccc2ccccc12. The molecule has 1 heterocycles. The predicted octanol–water partition coefficient (Wildman–Crippen LogP) is 4.18. The third kappa shape index (κ3) is 2.56. The van der Waals surface area contributed by atoms with Gasteiger partial charge in [0.2, 0.25) is 0 Å². The van der Waals surface area contributed by atoms with Crippen molar-refractivity contribution < 1.29 is 4.74 Å². The zero-order chi connectivity index (χ0) is 13.8. The van der Waals surface area contributed by atoms with Gasteiger partial charge >= 0.3 is 0 Å². The first-order valence-corrected chi connectivity index (χ1v) is 7.44. The van der Waals surface area contributed by atoms with Crippen LogP contribution in [0, 0.1) is 0 Å². The molecule has 2 aromatic rings. The third-order valence-corrected chi connectivity index (χ3v) is 3.75. The van der Waals surface area contributed by atoms with Crippen molar-refractivity contribution >= 4 is 10.8 Å². The summed E-state index contributed by atoms with van der Waals surface area (Å²) in [6.07, 6.45) is 4.36. The van der Waals surface area contributed by atoms with Gasteiger partial charge in [-0.1, -0.05) is 49.4 Å². The largest absolute Gasteiger partial charge is 0.496 e. The smallest absolute Gasteiger partial charge is 0.114 e. The Balaban J connectivity index is 2.04. The molecule has 20 heavy (non-hydrogen) atoms. The number of benzene rings is 2. The molecular weight excluding hydrogens is 246 g/mol. The van der Waals surface area contributed by atoms with Gasteiger partial charge in [0.1, 0.15) is 5.76 Å². The molecule has 0 amide bonds. The number of nitrogens with one attached hydrogen (secondary N) is 1. The standard InChI is InChI=1S/C18H21NO/c1-2-12-19-18(17-11-6-13-20-17)16-10-5-8-14-7-3-4-9-15(14)16/h3-5,7-11,18-19H,2,6,12-13H2,1H3. The van der Waals surface area contributed by atoms with Gasteiger partial charge in [0.05, 0.1) is 12.6 Å². The molecule has 2 nitrogen and oxygen atoms in total. The highest BCUT2D eigenvalue weighted by Gasteiger charge is 2.21. The average Bonchev–Trinajstić information content (AvgIpc) is 3.02. The summed E-state index contributed by atoms with van der Waals surface area (Å²) in [6, 6.07) is 15.2. The second-order valence-electron chi connectivity index (χ2n) is 5.20. The molecule has 0 aliphatic carbocycles. The van der Waals surface area contributed by atoms with Crippen LogP contribution in [0.3, 0.4) is 0 Å². The summed E-state index contributed by atoms with van der Waals surface area (Å²) in [5.41, 5.74) is 1.31. The molecule has 0 fully saturated rings. The van der Waals surface area contributed by atoms with Crippen LogP contribution in [0.15, 0.2) is 54.3 Å². The molecule has 1 N–H and O–H groups in total. The zero-order valence-electron chi connectivity index (χ0n) is 11.9. The van der Waals surface area contributed by atoms with E-state index in [1.807, 2.05) is 0 Å². The molecule has 0 bridgehead atoms. The molecule has 0 saturated heterocycles. The van der Waals surface area contributed by atoms with Crippen molar-refractivity contribution in [1.29, 1.82) is 0 Å². The summed E-state index contributed by atoms with van der Waals surface area (Å²) in [6.45, 7) is 4.00. The molecule has 1 unspecified atom stereocenters. The molecular formula is C18H21NO. The van der Waals surface area contributed by atoms with E-state index < -0.39 is 0 Å². The Labute approximate surface area is 120 Å². The highest BCUT2D eigenvalue weighted by atomic mass is 16.5. The van der Waals surface area contributed by atoms with Crippen molar-refractivity contribution in [3.8, 4) is 0 Å². The van der Waals surface area contributed by atoms with Crippen molar-refractivity contribution in [2.24, 2.45) is 0 Å². The molecule has 1 aliphatic rings. The summed E-state index contributed by atoms with van der Waals surface area (Å²) in [5, 5.41) is 6.22. The Bertz CT molecular complexity index is 612. The van der Waals surface area contributed by atoms with E-state index in [-0.39, 0.29) is 6.04 Å². The van der Waals surface area contributed by atoms with E-state index in [9.17, 15) is 0 Å². The Hall–Kier alpha value is -1.80. The number of rotatable bonds is 5. The topological polar surface area (TPSA) is 21.3 Å². The fourth-order valence-corrected chi connectivity index (χ4v) is 2.79. The van der Waals surface area contributed by atoms with Crippen molar-refractivity contribution in [1.82, 2.24) is 5.32 Å². The van der Waals surface area contributed by atoms with Gasteiger partial charge < -0.3 is 10.1 Å². The van der Waals surface area contributed by atoms with Crippen LogP contribution in [0.25, 0.3) is 10.8 Å². The molecule has 104 valence electrons. The Morgan fingerprint density at radius 2 is 2.00 bits per heavy atom. The maximum Gasteiger partial charge on any atom is 0.114 e. The monoisotopic (exact) mass is 267 g/mol. The summed E-state index contributed by atoms with van der Waals surface area (Å²) in [7, 11) is 0. The highest BCUT2D eigenvalue weighted by Crippen LogP contribution is 2.31. The van der Waals surface area contributed by atoms with E-state index in [0.717, 1.165) is 31.8 Å². The van der Waals surface area contributed by atoms with Crippen LogP contribution in [0.2, 0.25) is 0 Å². The second kappa shape index (κ2) is 6.10. The minimum absolute atomic E-state index is 0.170. The molecule has 1 atom stereocenters. The van der Waals surface area contributed by atoms with Gasteiger partial charge in [-0.3, -0.25) is 0 Å². The van der Waals surface area contributed by atoms with E-state index in [1.54, 1.807) is 0 Å². The number of hydrogen-bond acceptors (Lipinski definition) is 2. The van der Waals surface area contributed by atoms with Crippen molar-refractivity contribution in [2.45, 2.75) is 25.8 Å². The molecule has 0 radical (unpaired) electrons. The quantitative estimate of drug-likeness (QED) is 0.877. The molecule has 0 saturated carbocycles. The summed E-state index contributed by atoms with van der Waals surface area (Å²) in [4.78, 5) is 0. The van der Waals surface area contributed by atoms with Crippen LogP contribution >= 0.6 is 0 Å².